The van der Waals surface area contributed by atoms with Gasteiger partial charge in [0.2, 0.25) is 11.8 Å². The van der Waals surface area contributed by atoms with Crippen LogP contribution in [0, 0.1) is 5.92 Å². The molecule has 1 aliphatic carbocycles. The third-order valence-electron chi connectivity index (χ3n) is 7.41. The summed E-state index contributed by atoms with van der Waals surface area (Å²) in [5, 5.41) is 3.26. The number of carbonyl (C=O) groups is 2. The summed E-state index contributed by atoms with van der Waals surface area (Å²) < 4.78 is 5.28. The molecule has 3 fully saturated rings. The van der Waals surface area contributed by atoms with E-state index in [-0.39, 0.29) is 29.7 Å². The summed E-state index contributed by atoms with van der Waals surface area (Å²) in [6.07, 6.45) is 6.31. The van der Waals surface area contributed by atoms with Crippen LogP contribution < -0.4 is 15.0 Å². The first-order valence-electron chi connectivity index (χ1n) is 11.7. The van der Waals surface area contributed by atoms with Crippen LogP contribution in [-0.4, -0.2) is 80.6 Å². The van der Waals surface area contributed by atoms with Crippen molar-refractivity contribution in [3.05, 3.63) is 24.3 Å². The van der Waals surface area contributed by atoms with Gasteiger partial charge in [0.05, 0.1) is 13.0 Å². The smallest absolute Gasteiger partial charge is 0.227 e. The molecule has 0 aromatic heterocycles. The molecule has 7 heteroatoms. The number of methoxy groups -OCH3 is 1. The Morgan fingerprint density at radius 3 is 2.61 bits per heavy atom. The van der Waals surface area contributed by atoms with E-state index in [9.17, 15) is 9.59 Å². The summed E-state index contributed by atoms with van der Waals surface area (Å²) in [4.78, 5) is 32.4. The van der Waals surface area contributed by atoms with Gasteiger partial charge < -0.3 is 19.9 Å². The van der Waals surface area contributed by atoms with Gasteiger partial charge in [0, 0.05) is 63.0 Å². The average Bonchev–Trinajstić information content (AvgIpc) is 3.20. The van der Waals surface area contributed by atoms with Gasteiger partial charge in [0.25, 0.3) is 0 Å². The van der Waals surface area contributed by atoms with Crippen LogP contribution in [0.1, 0.15) is 38.5 Å². The highest BCUT2D eigenvalue weighted by molar-refractivity contribution is 6.00. The predicted octanol–water partition coefficient (Wildman–Crippen LogP) is 2.11. The number of ether oxygens (including phenoxy) is 1. The minimum Gasteiger partial charge on any atom is -0.497 e. The number of likely N-dealkylation sites (N-methyl/N-ethyl adjacent to an activating group) is 1. The fraction of sp³-hybridized carbons (Fsp3) is 0.667. The molecule has 3 aliphatic rings. The van der Waals surface area contributed by atoms with Crippen LogP contribution in [0.4, 0.5) is 5.69 Å². The minimum atomic E-state index is -0.299. The van der Waals surface area contributed by atoms with Gasteiger partial charge in [-0.3, -0.25) is 14.5 Å². The van der Waals surface area contributed by atoms with Crippen molar-refractivity contribution in [3.8, 4) is 5.75 Å². The van der Waals surface area contributed by atoms with E-state index in [4.69, 9.17) is 4.74 Å². The number of hydrogen-bond donors (Lipinski definition) is 1. The van der Waals surface area contributed by atoms with Gasteiger partial charge in [-0.15, -0.1) is 0 Å². The van der Waals surface area contributed by atoms with Crippen molar-refractivity contribution in [1.82, 2.24) is 15.1 Å². The van der Waals surface area contributed by atoms with Gasteiger partial charge in [0.15, 0.2) is 0 Å². The Morgan fingerprint density at radius 2 is 1.90 bits per heavy atom. The van der Waals surface area contributed by atoms with Gasteiger partial charge in [-0.2, -0.15) is 0 Å². The van der Waals surface area contributed by atoms with E-state index in [2.05, 4.69) is 22.2 Å². The zero-order chi connectivity index (χ0) is 21.8. The number of piperazine rings is 1. The van der Waals surface area contributed by atoms with Crippen LogP contribution >= 0.6 is 0 Å². The average molecular weight is 429 g/mol. The molecule has 1 atom stereocenters. The molecule has 1 N–H and O–H groups in total. The lowest BCUT2D eigenvalue weighted by molar-refractivity contribution is -0.127. The van der Waals surface area contributed by atoms with Crippen molar-refractivity contribution in [3.63, 3.8) is 0 Å². The number of anilines is 1. The molecule has 4 rings (SSSR count). The van der Waals surface area contributed by atoms with Gasteiger partial charge in [-0.25, -0.2) is 0 Å². The van der Waals surface area contributed by atoms with Gasteiger partial charge in [-0.1, -0.05) is 25.3 Å². The number of carbonyl (C=O) groups excluding carboxylic acids is 2. The van der Waals surface area contributed by atoms with E-state index in [1.165, 1.54) is 19.3 Å². The third kappa shape index (κ3) is 4.88. The summed E-state index contributed by atoms with van der Waals surface area (Å²) in [6.45, 7) is 5.43. The second kappa shape index (κ2) is 9.57. The Balaban J connectivity index is 1.38. The van der Waals surface area contributed by atoms with E-state index in [1.807, 2.05) is 24.3 Å². The van der Waals surface area contributed by atoms with Crippen molar-refractivity contribution in [2.75, 3.05) is 58.3 Å². The van der Waals surface area contributed by atoms with Gasteiger partial charge in [-0.05, 0) is 32.0 Å². The minimum absolute atomic E-state index is 0.000139. The Labute approximate surface area is 185 Å². The maximum Gasteiger partial charge on any atom is 0.227 e. The fourth-order valence-corrected chi connectivity index (χ4v) is 5.40. The van der Waals surface area contributed by atoms with Crippen LogP contribution in [0.25, 0.3) is 0 Å². The van der Waals surface area contributed by atoms with E-state index in [1.54, 1.807) is 12.0 Å². The molecule has 2 amide bonds. The highest BCUT2D eigenvalue weighted by Gasteiger charge is 2.41. The zero-order valence-electron chi connectivity index (χ0n) is 18.9. The molecule has 2 aliphatic heterocycles. The lowest BCUT2D eigenvalue weighted by Gasteiger charge is -2.49. The molecule has 1 aromatic rings. The largest absolute Gasteiger partial charge is 0.497 e. The van der Waals surface area contributed by atoms with Gasteiger partial charge >= 0.3 is 0 Å². The van der Waals surface area contributed by atoms with Gasteiger partial charge in [0.1, 0.15) is 5.75 Å². The first-order chi connectivity index (χ1) is 15.0. The third-order valence-corrected chi connectivity index (χ3v) is 7.41. The molecule has 0 spiro atoms. The monoisotopic (exact) mass is 428 g/mol. The number of nitrogens with zero attached hydrogens (tertiary/aromatic N) is 3. The number of nitrogens with one attached hydrogen (secondary N) is 1. The van der Waals surface area contributed by atoms with Crippen molar-refractivity contribution in [2.24, 2.45) is 5.92 Å². The molecular formula is C24H36N4O3. The normalized spacial score (nSPS) is 24.9. The van der Waals surface area contributed by atoms with E-state index >= 15 is 0 Å². The van der Waals surface area contributed by atoms with Crippen molar-refractivity contribution < 1.29 is 14.3 Å². The maximum absolute atomic E-state index is 13.1. The quantitative estimate of drug-likeness (QED) is 0.752. The Kier molecular flexibility index (Phi) is 6.82. The van der Waals surface area contributed by atoms with Crippen molar-refractivity contribution in [1.29, 1.82) is 0 Å². The van der Waals surface area contributed by atoms with Crippen LogP contribution in [0.3, 0.4) is 0 Å². The van der Waals surface area contributed by atoms with Crippen LogP contribution in [0.15, 0.2) is 24.3 Å². The molecule has 1 saturated carbocycles. The lowest BCUT2D eigenvalue weighted by atomic mass is 9.79. The Morgan fingerprint density at radius 1 is 1.16 bits per heavy atom. The van der Waals surface area contributed by atoms with Crippen LogP contribution in [-0.2, 0) is 9.59 Å². The second-order valence-electron chi connectivity index (χ2n) is 9.40. The summed E-state index contributed by atoms with van der Waals surface area (Å²) >= 11 is 0. The van der Waals surface area contributed by atoms with Crippen LogP contribution in [0.2, 0.25) is 0 Å². The SMILES string of the molecule is COc1cccc(N2C[C@@H](C(=O)NCC3(N4CCN(C)CC4)CCCCC3)CC2=O)c1. The summed E-state index contributed by atoms with van der Waals surface area (Å²) in [7, 11) is 3.79. The fourth-order valence-electron chi connectivity index (χ4n) is 5.40. The number of benzene rings is 1. The lowest BCUT2D eigenvalue weighted by Crippen LogP contribution is -2.61. The molecule has 0 bridgehead atoms. The Bertz CT molecular complexity index is 785. The molecule has 2 saturated heterocycles. The molecular weight excluding hydrogens is 392 g/mol. The molecule has 7 nitrogen and oxygen atoms in total. The van der Waals surface area contributed by atoms with Crippen LogP contribution in [0.5, 0.6) is 5.75 Å². The number of rotatable bonds is 6. The molecule has 0 radical (unpaired) electrons. The number of amides is 2. The maximum atomic E-state index is 13.1. The second-order valence-corrected chi connectivity index (χ2v) is 9.40. The van der Waals surface area contributed by atoms with E-state index in [0.717, 1.165) is 44.7 Å². The molecule has 1 aromatic carbocycles. The van der Waals surface area contributed by atoms with E-state index in [0.29, 0.717) is 18.8 Å². The number of hydrogen-bond acceptors (Lipinski definition) is 5. The van der Waals surface area contributed by atoms with Crippen molar-refractivity contribution in [2.45, 2.75) is 44.1 Å². The predicted molar refractivity (Wildman–Crippen MR) is 121 cm³/mol. The summed E-state index contributed by atoms with van der Waals surface area (Å²) in [5.74, 6) is 0.425. The zero-order valence-corrected chi connectivity index (χ0v) is 18.9. The molecule has 170 valence electrons. The topological polar surface area (TPSA) is 65.1 Å². The van der Waals surface area contributed by atoms with E-state index < -0.39 is 0 Å². The standard InChI is InChI=1S/C24H36N4O3/c1-26-11-13-27(14-12-26)24(9-4-3-5-10-24)18-25-23(30)19-15-22(29)28(17-19)20-7-6-8-21(16-20)31-2/h6-8,16,19H,3-5,9-15,17-18H2,1-2H3,(H,25,30)/t19-/m0/s1. The molecule has 31 heavy (non-hydrogen) atoms. The Hall–Kier alpha value is -2.12. The first kappa shape index (κ1) is 22.1. The summed E-state index contributed by atoms with van der Waals surface area (Å²) in [6, 6.07) is 7.47. The first-order valence-corrected chi connectivity index (χ1v) is 11.7. The molecule has 2 heterocycles. The summed E-state index contributed by atoms with van der Waals surface area (Å²) in [5.41, 5.74) is 0.866. The highest BCUT2D eigenvalue weighted by Crippen LogP contribution is 2.34. The highest BCUT2D eigenvalue weighted by atomic mass is 16.5. The van der Waals surface area contributed by atoms with Crippen molar-refractivity contribution >= 4 is 17.5 Å². The molecule has 0 unspecified atom stereocenters.